The minimum Gasteiger partial charge on any atom is -0.383 e. The first-order chi connectivity index (χ1) is 7.09. The Morgan fingerprint density at radius 3 is 2.87 bits per heavy atom. The minimum absolute atomic E-state index is 0.120. The first kappa shape index (κ1) is 10.6. The van der Waals surface area contributed by atoms with Gasteiger partial charge in [-0.05, 0) is 28.1 Å². The van der Waals surface area contributed by atoms with E-state index in [2.05, 4.69) is 20.9 Å². The van der Waals surface area contributed by atoms with Gasteiger partial charge in [0.2, 0.25) is 0 Å². The van der Waals surface area contributed by atoms with Crippen LogP contribution < -0.4 is 0 Å². The van der Waals surface area contributed by atoms with Crippen molar-refractivity contribution < 1.29 is 9.90 Å². The van der Waals surface area contributed by atoms with Gasteiger partial charge in [0, 0.05) is 13.5 Å². The molecule has 0 aromatic carbocycles. The largest absolute Gasteiger partial charge is 0.383 e. The maximum atomic E-state index is 11.4. The van der Waals surface area contributed by atoms with E-state index in [9.17, 15) is 9.90 Å². The average molecular weight is 271 g/mol. The number of aromatic nitrogens is 1. The van der Waals surface area contributed by atoms with Gasteiger partial charge in [0.05, 0.1) is 11.7 Å². The molecule has 2 unspecified atom stereocenters. The molecular formula is C10H11BrN2O2. The van der Waals surface area contributed by atoms with Crippen molar-refractivity contribution in [2.75, 3.05) is 7.05 Å². The average Bonchev–Trinajstić information content (AvgIpc) is 2.46. The second-order valence-electron chi connectivity index (χ2n) is 3.60. The predicted molar refractivity (Wildman–Crippen MR) is 58.1 cm³/mol. The summed E-state index contributed by atoms with van der Waals surface area (Å²) in [6, 6.07) is 5.44. The van der Waals surface area contributed by atoms with Gasteiger partial charge in [-0.1, -0.05) is 6.07 Å². The zero-order chi connectivity index (χ0) is 11.0. The molecule has 1 N–H and O–H groups in total. The first-order valence-corrected chi connectivity index (χ1v) is 5.46. The Morgan fingerprint density at radius 2 is 2.33 bits per heavy atom. The van der Waals surface area contributed by atoms with Gasteiger partial charge < -0.3 is 10.0 Å². The fraction of sp³-hybridized carbons (Fsp3) is 0.400. The number of likely N-dealkylation sites (tertiary alicyclic amines) is 1. The lowest BCUT2D eigenvalue weighted by Crippen LogP contribution is -2.27. The topological polar surface area (TPSA) is 53.4 Å². The molecule has 1 saturated heterocycles. The van der Waals surface area contributed by atoms with Crippen molar-refractivity contribution in [3.63, 3.8) is 0 Å². The highest BCUT2D eigenvalue weighted by atomic mass is 79.9. The van der Waals surface area contributed by atoms with Crippen LogP contribution in [0.15, 0.2) is 22.8 Å². The number of rotatable bonds is 1. The summed E-state index contributed by atoms with van der Waals surface area (Å²) in [6.45, 7) is 0. The van der Waals surface area contributed by atoms with Gasteiger partial charge in [0.25, 0.3) is 5.91 Å². The van der Waals surface area contributed by atoms with E-state index in [1.54, 1.807) is 11.9 Å². The Balaban J connectivity index is 2.29. The number of carbonyl (C=O) groups excluding carboxylic acids is 1. The van der Waals surface area contributed by atoms with Crippen LogP contribution >= 0.6 is 15.9 Å². The van der Waals surface area contributed by atoms with Crippen LogP contribution in [0.2, 0.25) is 0 Å². The highest BCUT2D eigenvalue weighted by Crippen LogP contribution is 2.30. The number of nitrogens with zero attached hydrogens (tertiary/aromatic N) is 2. The van der Waals surface area contributed by atoms with E-state index in [4.69, 9.17) is 0 Å². The standard InChI is InChI=1S/C10H11BrN2O2/c1-13-7(5-8(14)10(13)15)6-3-2-4-9(11)12-6/h2-4,7-8,14H,5H2,1H3. The van der Waals surface area contributed by atoms with Crippen molar-refractivity contribution in [1.29, 1.82) is 0 Å². The smallest absolute Gasteiger partial charge is 0.251 e. The summed E-state index contributed by atoms with van der Waals surface area (Å²) in [5.41, 5.74) is 0.803. The molecule has 1 fully saturated rings. The van der Waals surface area contributed by atoms with Gasteiger partial charge in [-0.15, -0.1) is 0 Å². The highest BCUT2D eigenvalue weighted by Gasteiger charge is 2.37. The van der Waals surface area contributed by atoms with Crippen molar-refractivity contribution in [1.82, 2.24) is 9.88 Å². The Hall–Kier alpha value is -0.940. The molecule has 4 nitrogen and oxygen atoms in total. The van der Waals surface area contributed by atoms with Crippen molar-refractivity contribution in [3.05, 3.63) is 28.5 Å². The fourth-order valence-corrected chi connectivity index (χ4v) is 2.15. The fourth-order valence-electron chi connectivity index (χ4n) is 1.79. The number of amides is 1. The predicted octanol–water partition coefficient (Wildman–Crippen LogP) is 1.11. The third kappa shape index (κ3) is 1.89. The van der Waals surface area contributed by atoms with Gasteiger partial charge in [-0.2, -0.15) is 0 Å². The van der Waals surface area contributed by atoms with Crippen LogP contribution in [0.4, 0.5) is 0 Å². The van der Waals surface area contributed by atoms with Gasteiger partial charge in [-0.3, -0.25) is 4.79 Å². The second-order valence-corrected chi connectivity index (χ2v) is 4.41. The number of hydrogen-bond acceptors (Lipinski definition) is 3. The van der Waals surface area contributed by atoms with Crippen LogP contribution in [-0.4, -0.2) is 34.0 Å². The zero-order valence-corrected chi connectivity index (χ0v) is 9.81. The Kier molecular flexibility index (Phi) is 2.75. The summed E-state index contributed by atoms with van der Waals surface area (Å²) < 4.78 is 0.738. The van der Waals surface area contributed by atoms with E-state index in [-0.39, 0.29) is 11.9 Å². The molecule has 1 aliphatic heterocycles. The number of halogens is 1. The molecule has 2 heterocycles. The molecule has 2 atom stereocenters. The molecule has 5 heteroatoms. The Labute approximate surface area is 96.1 Å². The molecule has 0 saturated carbocycles. The molecule has 1 aromatic heterocycles. The number of aliphatic hydroxyl groups excluding tert-OH is 1. The number of carbonyl (C=O) groups is 1. The third-order valence-corrected chi connectivity index (χ3v) is 3.07. The van der Waals surface area contributed by atoms with Crippen molar-refractivity contribution in [2.24, 2.45) is 0 Å². The van der Waals surface area contributed by atoms with Crippen LogP contribution in [0, 0.1) is 0 Å². The molecule has 2 rings (SSSR count). The summed E-state index contributed by atoms with van der Waals surface area (Å²) in [5.74, 6) is -0.234. The van der Waals surface area contributed by atoms with E-state index in [1.807, 2.05) is 18.2 Å². The summed E-state index contributed by atoms with van der Waals surface area (Å²) in [7, 11) is 1.69. The van der Waals surface area contributed by atoms with E-state index in [0.29, 0.717) is 6.42 Å². The van der Waals surface area contributed by atoms with Crippen LogP contribution in [0.25, 0.3) is 0 Å². The van der Waals surface area contributed by atoms with Crippen LogP contribution in [0.5, 0.6) is 0 Å². The van der Waals surface area contributed by atoms with Crippen LogP contribution in [0.3, 0.4) is 0 Å². The van der Waals surface area contributed by atoms with Gasteiger partial charge in [0.15, 0.2) is 0 Å². The molecule has 0 aliphatic carbocycles. The minimum atomic E-state index is -0.888. The quantitative estimate of drug-likeness (QED) is 0.778. The molecule has 15 heavy (non-hydrogen) atoms. The maximum absolute atomic E-state index is 11.4. The van der Waals surface area contributed by atoms with E-state index in [0.717, 1.165) is 10.3 Å². The van der Waals surface area contributed by atoms with E-state index in [1.165, 1.54) is 0 Å². The molecule has 1 aromatic rings. The van der Waals surface area contributed by atoms with E-state index >= 15 is 0 Å². The lowest BCUT2D eigenvalue weighted by molar-refractivity contribution is -0.134. The van der Waals surface area contributed by atoms with Crippen molar-refractivity contribution in [2.45, 2.75) is 18.6 Å². The molecule has 0 radical (unpaired) electrons. The van der Waals surface area contributed by atoms with Gasteiger partial charge in [-0.25, -0.2) is 4.98 Å². The monoisotopic (exact) mass is 270 g/mol. The van der Waals surface area contributed by atoms with E-state index < -0.39 is 6.10 Å². The van der Waals surface area contributed by atoms with Crippen LogP contribution in [-0.2, 0) is 4.79 Å². The third-order valence-electron chi connectivity index (χ3n) is 2.62. The van der Waals surface area contributed by atoms with Crippen molar-refractivity contribution >= 4 is 21.8 Å². The summed E-state index contributed by atoms with van der Waals surface area (Å²) in [5, 5.41) is 9.44. The van der Waals surface area contributed by atoms with Crippen molar-refractivity contribution in [3.8, 4) is 0 Å². The summed E-state index contributed by atoms with van der Waals surface area (Å²) >= 11 is 3.28. The number of hydrogen-bond donors (Lipinski definition) is 1. The number of aliphatic hydroxyl groups is 1. The molecule has 0 bridgehead atoms. The molecule has 0 spiro atoms. The Bertz CT molecular complexity index is 397. The number of likely N-dealkylation sites (N-methyl/N-ethyl adjacent to an activating group) is 1. The second kappa shape index (κ2) is 3.90. The zero-order valence-electron chi connectivity index (χ0n) is 8.22. The highest BCUT2D eigenvalue weighted by molar-refractivity contribution is 9.10. The molecule has 1 amide bonds. The van der Waals surface area contributed by atoms with Gasteiger partial charge >= 0.3 is 0 Å². The molecule has 80 valence electrons. The first-order valence-electron chi connectivity index (χ1n) is 4.67. The molecule has 1 aliphatic rings. The number of pyridine rings is 1. The van der Waals surface area contributed by atoms with Gasteiger partial charge in [0.1, 0.15) is 10.7 Å². The Morgan fingerprint density at radius 1 is 1.60 bits per heavy atom. The maximum Gasteiger partial charge on any atom is 0.251 e. The summed E-state index contributed by atoms with van der Waals surface area (Å²) in [4.78, 5) is 17.2. The lowest BCUT2D eigenvalue weighted by Gasteiger charge is -2.18. The SMILES string of the molecule is CN1C(=O)C(O)CC1c1cccc(Br)n1. The summed E-state index contributed by atoms with van der Waals surface area (Å²) in [6.07, 6.45) is -0.473. The van der Waals surface area contributed by atoms with Crippen LogP contribution in [0.1, 0.15) is 18.2 Å². The molecular weight excluding hydrogens is 260 g/mol. The normalized spacial score (nSPS) is 26.1. The lowest BCUT2D eigenvalue weighted by atomic mass is 10.1.